The summed E-state index contributed by atoms with van der Waals surface area (Å²) in [5, 5.41) is 0. The first kappa shape index (κ1) is 53.0. The summed E-state index contributed by atoms with van der Waals surface area (Å²) in [6, 6.07) is 0. The highest BCUT2D eigenvalue weighted by Crippen LogP contribution is 2.39. The van der Waals surface area contributed by atoms with Crippen LogP contribution in [0.5, 0.6) is 0 Å². The second kappa shape index (κ2) is 19.1. The third kappa shape index (κ3) is 18.4. The van der Waals surface area contributed by atoms with Crippen LogP contribution in [-0.2, 0) is 28.4 Å². The van der Waals surface area contributed by atoms with Crippen LogP contribution in [0.2, 0.25) is 0 Å². The van der Waals surface area contributed by atoms with Crippen LogP contribution >= 0.6 is 0 Å². The van der Waals surface area contributed by atoms with Gasteiger partial charge in [0.05, 0.1) is 0 Å². The first-order chi connectivity index (χ1) is 23.2. The molecule has 0 spiro atoms. The number of hydrogen-bond acceptors (Lipinski definition) is 6. The molecule has 0 aliphatic rings. The molecule has 0 rings (SSSR count). The molecule has 0 saturated heterocycles. The van der Waals surface area contributed by atoms with Crippen LogP contribution in [0.15, 0.2) is 0 Å². The minimum absolute atomic E-state index is 2.32. The van der Waals surface area contributed by atoms with Gasteiger partial charge in [-0.1, -0.05) is 0 Å². The lowest BCUT2D eigenvalue weighted by Gasteiger charge is -2.27. The molecule has 0 saturated carbocycles. The van der Waals surface area contributed by atoms with Gasteiger partial charge in [0.1, 0.15) is 39.6 Å². The highest BCUT2D eigenvalue weighted by atomic mass is 19.4. The summed E-state index contributed by atoms with van der Waals surface area (Å²) in [6.07, 6.45) is -32.1. The summed E-state index contributed by atoms with van der Waals surface area (Å²) < 4.78 is 351. The van der Waals surface area contributed by atoms with E-state index in [-0.39, 0.29) is 0 Å². The van der Waals surface area contributed by atoms with Crippen LogP contribution in [-0.4, -0.2) is 126 Å². The Morgan fingerprint density at radius 3 is 0.547 bits per heavy atom. The van der Waals surface area contributed by atoms with Crippen molar-refractivity contribution in [3.8, 4) is 0 Å². The number of ether oxygens (including phenoxy) is 6. The van der Waals surface area contributed by atoms with E-state index in [1.807, 2.05) is 0 Å². The van der Waals surface area contributed by atoms with Crippen molar-refractivity contribution in [2.45, 2.75) is 86.3 Å². The maximum absolute atomic E-state index is 12.6. The van der Waals surface area contributed by atoms with Gasteiger partial charge in [0.2, 0.25) is 0 Å². The molecule has 0 fully saturated rings. The molecule has 0 unspecified atom stereocenters. The van der Waals surface area contributed by atoms with E-state index < -0.39 is 126 Å². The topological polar surface area (TPSA) is 55.4 Å². The zero-order valence-corrected chi connectivity index (χ0v) is 24.3. The van der Waals surface area contributed by atoms with Gasteiger partial charge in [-0.3, -0.25) is 0 Å². The summed E-state index contributed by atoms with van der Waals surface area (Å²) in [7, 11) is 0. The Morgan fingerprint density at radius 2 is 0.415 bits per heavy atom. The Balaban J connectivity index is 0. The maximum Gasteiger partial charge on any atom is 0.455 e. The quantitative estimate of drug-likeness (QED) is 0.0850. The summed E-state index contributed by atoms with van der Waals surface area (Å²) in [5.74, 6) is -32.2. The Bertz CT molecular complexity index is 913. The highest BCUT2D eigenvalue weighted by Gasteiger charge is 2.61. The molecule has 0 atom stereocenters. The lowest BCUT2D eigenvalue weighted by Crippen LogP contribution is -2.47. The van der Waals surface area contributed by atoms with E-state index in [0.717, 1.165) is 0 Å². The van der Waals surface area contributed by atoms with Gasteiger partial charge < -0.3 is 28.4 Å². The van der Waals surface area contributed by atoms with Crippen molar-refractivity contribution < 1.29 is 147 Å². The minimum atomic E-state index is -6.36. The van der Waals surface area contributed by atoms with Crippen LogP contribution in [0.3, 0.4) is 0 Å². The average Bonchev–Trinajstić information content (AvgIpc) is 2.94. The molecule has 33 heteroatoms. The minimum Gasteiger partial charge on any atom is -0.323 e. The van der Waals surface area contributed by atoms with Crippen molar-refractivity contribution in [1.82, 2.24) is 0 Å². The van der Waals surface area contributed by atoms with Gasteiger partial charge in [-0.15, -0.1) is 0 Å². The van der Waals surface area contributed by atoms with E-state index in [4.69, 9.17) is 0 Å². The van der Waals surface area contributed by atoms with Crippen molar-refractivity contribution in [2.75, 3.05) is 39.6 Å². The van der Waals surface area contributed by atoms with E-state index >= 15 is 0 Å². The van der Waals surface area contributed by atoms with E-state index in [0.29, 0.717) is 0 Å². The molecule has 0 bridgehead atoms. The van der Waals surface area contributed by atoms with Gasteiger partial charge in [-0.2, -0.15) is 92.2 Å². The lowest BCUT2D eigenvalue weighted by atomic mass is 10.3. The van der Waals surface area contributed by atoms with Crippen molar-refractivity contribution in [3.63, 3.8) is 0 Å². The van der Waals surface area contributed by atoms with E-state index in [2.05, 4.69) is 28.4 Å². The predicted octanol–water partition coefficient (Wildman–Crippen LogP) is 8.93. The van der Waals surface area contributed by atoms with Crippen molar-refractivity contribution in [1.29, 1.82) is 0 Å². The van der Waals surface area contributed by atoms with Crippen LogP contribution < -0.4 is 0 Å². The molecule has 0 aromatic heterocycles. The molecule has 0 radical (unpaired) electrons. The fourth-order valence-corrected chi connectivity index (χ4v) is 1.78. The Labute approximate surface area is 274 Å². The Kier molecular flexibility index (Phi) is 19.1. The molecule has 0 amide bonds. The second-order valence-corrected chi connectivity index (χ2v) is 9.24. The number of hydrogen-bond donors (Lipinski definition) is 0. The summed E-state index contributed by atoms with van der Waals surface area (Å²) >= 11 is 0. The first-order valence-corrected chi connectivity index (χ1v) is 12.2. The van der Waals surface area contributed by atoms with Crippen LogP contribution in [0, 0.1) is 0 Å². The highest BCUT2D eigenvalue weighted by molar-refractivity contribution is 4.78. The molecule has 0 N–H and O–H groups in total. The van der Waals surface area contributed by atoms with Crippen LogP contribution in [0.1, 0.15) is 0 Å². The van der Waals surface area contributed by atoms with E-state index in [9.17, 15) is 119 Å². The van der Waals surface area contributed by atoms with Gasteiger partial charge in [-0.05, 0) is 0 Å². The first-order valence-electron chi connectivity index (χ1n) is 12.2. The van der Waals surface area contributed by atoms with E-state index in [1.165, 1.54) is 0 Å². The summed E-state index contributed by atoms with van der Waals surface area (Å²) in [5.41, 5.74) is 0. The third-order valence-corrected chi connectivity index (χ3v) is 4.64. The van der Waals surface area contributed by atoms with Gasteiger partial charge in [0.15, 0.2) is 0 Å². The fraction of sp³-hybridized carbons (Fsp3) is 1.00. The predicted molar refractivity (Wildman–Crippen MR) is 109 cm³/mol. The molecular formula is C20H17F27O6. The number of rotatable bonds is 21. The number of halogens is 27. The molecule has 0 aromatic carbocycles. The summed E-state index contributed by atoms with van der Waals surface area (Å²) in [4.78, 5) is 0. The van der Waals surface area contributed by atoms with Gasteiger partial charge in [0.25, 0.3) is 13.0 Å². The van der Waals surface area contributed by atoms with E-state index in [1.54, 1.807) is 0 Å². The van der Waals surface area contributed by atoms with Crippen molar-refractivity contribution in [2.24, 2.45) is 0 Å². The molecule has 0 aliphatic carbocycles. The molecule has 53 heavy (non-hydrogen) atoms. The standard InChI is InChI=1S/C10H7F15O3.C10H10F12O3/c11-5(12,8(17,18)19)1-26-4(27-2-6(13,14)9(20,21)22)28-3-7(15,16)10(23,24)25;11-4(12)8(17,18)1-23-7(24-2-9(19,20)5(13)14)25-3-10(21,22)6(15)16/h4H,1-3H2;4-7H,1-3H2. The normalized spacial score (nSPS) is 14.9. The lowest BCUT2D eigenvalue weighted by molar-refractivity contribution is -0.382. The number of alkyl halides is 27. The Hall–Kier alpha value is -2.13. The Morgan fingerprint density at radius 1 is 0.264 bits per heavy atom. The maximum atomic E-state index is 12.6. The molecule has 0 heterocycles. The smallest absolute Gasteiger partial charge is 0.323 e. The van der Waals surface area contributed by atoms with Crippen LogP contribution in [0.25, 0.3) is 0 Å². The summed E-state index contributed by atoms with van der Waals surface area (Å²) in [6.45, 7) is -22.4. The zero-order valence-electron chi connectivity index (χ0n) is 24.3. The van der Waals surface area contributed by atoms with Gasteiger partial charge in [-0.25, -0.2) is 26.3 Å². The molecule has 6 nitrogen and oxygen atoms in total. The molecule has 0 aromatic rings. The van der Waals surface area contributed by atoms with Crippen molar-refractivity contribution in [3.05, 3.63) is 0 Å². The average molecular weight is 866 g/mol. The fourth-order valence-electron chi connectivity index (χ4n) is 1.78. The molecular weight excluding hydrogens is 849 g/mol. The van der Waals surface area contributed by atoms with Gasteiger partial charge in [0, 0.05) is 0 Å². The zero-order chi connectivity index (χ0) is 42.9. The largest absolute Gasteiger partial charge is 0.455 e. The van der Waals surface area contributed by atoms with Crippen LogP contribution in [0.4, 0.5) is 119 Å². The molecule has 0 aliphatic heterocycles. The monoisotopic (exact) mass is 866 g/mol. The van der Waals surface area contributed by atoms with Gasteiger partial charge >= 0.3 is 73.3 Å². The third-order valence-electron chi connectivity index (χ3n) is 4.64. The molecule has 322 valence electrons. The SMILES string of the molecule is FC(F)(F)C(F)(F)COC(OCC(F)(F)C(F)(F)F)OCC(F)(F)C(F)(F)F.FC(F)C(F)(F)COC(OCC(F)(F)C(F)F)OCC(F)(F)C(F)F. The second-order valence-electron chi connectivity index (χ2n) is 9.24. The van der Waals surface area contributed by atoms with Crippen molar-refractivity contribution >= 4 is 0 Å².